The Hall–Kier alpha value is -2.47. The minimum absolute atomic E-state index is 0.0248. The Bertz CT molecular complexity index is 642. The summed E-state index contributed by atoms with van der Waals surface area (Å²) in [7, 11) is 0. The van der Waals surface area contributed by atoms with Crippen molar-refractivity contribution >= 4 is 17.3 Å². The van der Waals surface area contributed by atoms with Gasteiger partial charge in [0, 0.05) is 12.1 Å². The molecule has 2 aromatic rings. The number of amides is 1. The van der Waals surface area contributed by atoms with Crippen molar-refractivity contribution in [1.29, 1.82) is 0 Å². The highest BCUT2D eigenvalue weighted by Crippen LogP contribution is 2.24. The molecule has 0 heterocycles. The molecular weight excluding hydrogens is 264 g/mol. The number of nitrogens with two attached hydrogens (primary N) is 2. The van der Waals surface area contributed by atoms with Crippen LogP contribution >= 0.6 is 0 Å². The van der Waals surface area contributed by atoms with E-state index in [1.807, 2.05) is 0 Å². The van der Waals surface area contributed by atoms with Crippen LogP contribution in [0.4, 0.5) is 20.2 Å². The number of benzene rings is 2. The van der Waals surface area contributed by atoms with E-state index in [1.165, 1.54) is 6.07 Å². The third-order valence-electron chi connectivity index (χ3n) is 2.83. The van der Waals surface area contributed by atoms with Gasteiger partial charge in [-0.3, -0.25) is 4.79 Å². The first-order chi connectivity index (χ1) is 9.52. The maximum Gasteiger partial charge on any atom is 0.255 e. The molecule has 0 aromatic heterocycles. The molecule has 2 rings (SSSR count). The number of carbonyl (C=O) groups excluding carboxylic acids is 1. The predicted molar refractivity (Wildman–Crippen MR) is 73.1 cm³/mol. The number of carbonyl (C=O) groups is 1. The van der Waals surface area contributed by atoms with E-state index in [-0.39, 0.29) is 5.69 Å². The van der Waals surface area contributed by atoms with Crippen molar-refractivity contribution in [3.63, 3.8) is 0 Å². The summed E-state index contributed by atoms with van der Waals surface area (Å²) in [4.78, 5) is 11.9. The van der Waals surface area contributed by atoms with E-state index in [2.05, 4.69) is 5.32 Å². The molecule has 4 nitrogen and oxygen atoms in total. The maximum absolute atomic E-state index is 13.3. The van der Waals surface area contributed by atoms with Crippen LogP contribution < -0.4 is 16.8 Å². The quantitative estimate of drug-likeness (QED) is 0.753. The normalized spacial score (nSPS) is 10.3. The van der Waals surface area contributed by atoms with Gasteiger partial charge in [0.2, 0.25) is 0 Å². The lowest BCUT2D eigenvalue weighted by Crippen LogP contribution is -2.14. The van der Waals surface area contributed by atoms with Crippen LogP contribution in [0.3, 0.4) is 0 Å². The van der Waals surface area contributed by atoms with Gasteiger partial charge >= 0.3 is 0 Å². The van der Waals surface area contributed by atoms with Gasteiger partial charge in [-0.05, 0) is 29.8 Å². The largest absolute Gasteiger partial charge is 0.395 e. The fraction of sp³-hybridized carbons (Fsp3) is 0.0714. The summed E-state index contributed by atoms with van der Waals surface area (Å²) in [6.07, 6.45) is 0. The zero-order valence-corrected chi connectivity index (χ0v) is 10.5. The molecule has 0 saturated carbocycles. The fourth-order valence-corrected chi connectivity index (χ4v) is 1.66. The fourth-order valence-electron chi connectivity index (χ4n) is 1.66. The molecule has 6 heteroatoms. The molecule has 20 heavy (non-hydrogen) atoms. The van der Waals surface area contributed by atoms with Gasteiger partial charge in [0.15, 0.2) is 11.6 Å². The molecule has 0 unspecified atom stereocenters. The molecule has 0 fully saturated rings. The van der Waals surface area contributed by atoms with E-state index >= 15 is 0 Å². The van der Waals surface area contributed by atoms with E-state index in [4.69, 9.17) is 11.5 Å². The van der Waals surface area contributed by atoms with Gasteiger partial charge < -0.3 is 16.8 Å². The maximum atomic E-state index is 13.3. The first-order valence-electron chi connectivity index (χ1n) is 5.86. The van der Waals surface area contributed by atoms with Crippen LogP contribution in [0.25, 0.3) is 0 Å². The van der Waals surface area contributed by atoms with Crippen LogP contribution in [-0.4, -0.2) is 5.91 Å². The monoisotopic (exact) mass is 277 g/mol. The highest BCUT2D eigenvalue weighted by Gasteiger charge is 2.13. The minimum atomic E-state index is -1.18. The van der Waals surface area contributed by atoms with E-state index in [1.54, 1.807) is 24.3 Å². The molecule has 0 atom stereocenters. The first-order valence-corrected chi connectivity index (χ1v) is 5.86. The van der Waals surface area contributed by atoms with Crippen LogP contribution in [0.1, 0.15) is 15.9 Å². The predicted octanol–water partition coefficient (Wildman–Crippen LogP) is 2.26. The average Bonchev–Trinajstić information content (AvgIpc) is 2.48. The van der Waals surface area contributed by atoms with Crippen molar-refractivity contribution in [1.82, 2.24) is 0 Å². The Kier molecular flexibility index (Phi) is 3.95. The Balaban J connectivity index is 2.21. The van der Waals surface area contributed by atoms with Crippen LogP contribution in [0.15, 0.2) is 36.4 Å². The summed E-state index contributed by atoms with van der Waals surface area (Å²) in [6.45, 7) is 0.373. The topological polar surface area (TPSA) is 81.1 Å². The third kappa shape index (κ3) is 2.75. The molecule has 0 bridgehead atoms. The lowest BCUT2D eigenvalue weighted by Gasteiger charge is -2.09. The second-order valence-corrected chi connectivity index (χ2v) is 4.18. The van der Waals surface area contributed by atoms with Crippen molar-refractivity contribution in [3.05, 3.63) is 59.2 Å². The summed E-state index contributed by atoms with van der Waals surface area (Å²) >= 11 is 0. The second-order valence-electron chi connectivity index (χ2n) is 4.18. The number of hydrogen-bond donors (Lipinski definition) is 3. The summed E-state index contributed by atoms with van der Waals surface area (Å²) < 4.78 is 26.2. The molecule has 0 aliphatic rings. The molecule has 2 aromatic carbocycles. The summed E-state index contributed by atoms with van der Waals surface area (Å²) in [5.74, 6) is -2.71. The number of rotatable bonds is 3. The zero-order chi connectivity index (χ0) is 14.7. The average molecular weight is 277 g/mol. The molecule has 0 saturated heterocycles. The van der Waals surface area contributed by atoms with Gasteiger partial charge in [-0.25, -0.2) is 8.78 Å². The van der Waals surface area contributed by atoms with Crippen molar-refractivity contribution in [2.75, 3.05) is 11.1 Å². The van der Waals surface area contributed by atoms with Gasteiger partial charge in [-0.2, -0.15) is 0 Å². The van der Waals surface area contributed by atoms with Crippen molar-refractivity contribution in [2.45, 2.75) is 6.54 Å². The van der Waals surface area contributed by atoms with Crippen molar-refractivity contribution < 1.29 is 13.6 Å². The third-order valence-corrected chi connectivity index (χ3v) is 2.83. The minimum Gasteiger partial charge on any atom is -0.395 e. The van der Waals surface area contributed by atoms with E-state index < -0.39 is 23.2 Å². The Labute approximate surface area is 114 Å². The molecule has 0 aliphatic heterocycles. The standard InChI is InChI=1S/C14H13F2N3O/c15-10-5-6-11(13(18)12(10)16)19-14(20)9-3-1-8(7-17)2-4-9/h1-6H,7,17-18H2,(H,19,20). The number of anilines is 2. The number of halogens is 2. The lowest BCUT2D eigenvalue weighted by molar-refractivity contribution is 0.102. The highest BCUT2D eigenvalue weighted by atomic mass is 19.2. The first kappa shape index (κ1) is 14.0. The van der Waals surface area contributed by atoms with Crippen LogP contribution in [0.5, 0.6) is 0 Å². The van der Waals surface area contributed by atoms with Crippen LogP contribution in [0.2, 0.25) is 0 Å². The molecule has 1 amide bonds. The van der Waals surface area contributed by atoms with Gasteiger partial charge in [-0.15, -0.1) is 0 Å². The zero-order valence-electron chi connectivity index (χ0n) is 10.5. The molecule has 0 spiro atoms. The number of nitrogens with one attached hydrogen (secondary N) is 1. The summed E-state index contributed by atoms with van der Waals surface area (Å²) in [5.41, 5.74) is 11.7. The number of nitrogen functional groups attached to an aromatic ring is 1. The van der Waals surface area contributed by atoms with Gasteiger partial charge in [0.25, 0.3) is 5.91 Å². The summed E-state index contributed by atoms with van der Waals surface area (Å²) in [5, 5.41) is 2.43. The summed E-state index contributed by atoms with van der Waals surface area (Å²) in [6, 6.07) is 8.72. The molecule has 104 valence electrons. The molecule has 5 N–H and O–H groups in total. The molecule has 0 radical (unpaired) electrons. The SMILES string of the molecule is NCc1ccc(C(=O)Nc2ccc(F)c(F)c2N)cc1. The smallest absolute Gasteiger partial charge is 0.255 e. The van der Waals surface area contributed by atoms with E-state index in [0.29, 0.717) is 12.1 Å². The Morgan fingerprint density at radius 3 is 2.35 bits per heavy atom. The van der Waals surface area contributed by atoms with Crippen LogP contribution in [0, 0.1) is 11.6 Å². The van der Waals surface area contributed by atoms with Gasteiger partial charge in [0.1, 0.15) is 0 Å². The van der Waals surface area contributed by atoms with Crippen molar-refractivity contribution in [3.8, 4) is 0 Å². The molecular formula is C14H13F2N3O. The number of hydrogen-bond acceptors (Lipinski definition) is 3. The lowest BCUT2D eigenvalue weighted by atomic mass is 10.1. The highest BCUT2D eigenvalue weighted by molar-refractivity contribution is 6.05. The van der Waals surface area contributed by atoms with E-state index in [0.717, 1.165) is 11.6 Å². The van der Waals surface area contributed by atoms with Gasteiger partial charge in [-0.1, -0.05) is 12.1 Å². The van der Waals surface area contributed by atoms with Gasteiger partial charge in [0.05, 0.1) is 11.4 Å². The molecule has 0 aliphatic carbocycles. The van der Waals surface area contributed by atoms with Crippen molar-refractivity contribution in [2.24, 2.45) is 5.73 Å². The second kappa shape index (κ2) is 5.66. The Morgan fingerprint density at radius 2 is 1.75 bits per heavy atom. The van der Waals surface area contributed by atoms with Crippen LogP contribution in [-0.2, 0) is 6.54 Å². The van der Waals surface area contributed by atoms with E-state index in [9.17, 15) is 13.6 Å². The Morgan fingerprint density at radius 1 is 1.10 bits per heavy atom.